The van der Waals surface area contributed by atoms with Gasteiger partial charge < -0.3 is 9.73 Å². The zero-order valence-corrected chi connectivity index (χ0v) is 14.3. The molecule has 1 N–H and O–H groups in total. The SMILES string of the molecule is CCN(CC)S(=O)(=O)c1cc(NC(=O)c2ccco2)ccc1Cl. The van der Waals surface area contributed by atoms with Crippen LogP contribution in [0.15, 0.2) is 45.9 Å². The van der Waals surface area contributed by atoms with Crippen LogP contribution < -0.4 is 5.32 Å². The molecule has 0 fully saturated rings. The summed E-state index contributed by atoms with van der Waals surface area (Å²) in [5.41, 5.74) is 0.321. The van der Waals surface area contributed by atoms with E-state index in [-0.39, 0.29) is 15.7 Å². The van der Waals surface area contributed by atoms with E-state index in [4.69, 9.17) is 16.0 Å². The zero-order valence-electron chi connectivity index (χ0n) is 12.7. The van der Waals surface area contributed by atoms with Gasteiger partial charge in [0.15, 0.2) is 5.76 Å². The van der Waals surface area contributed by atoms with Gasteiger partial charge in [0, 0.05) is 18.8 Å². The number of nitrogens with one attached hydrogen (secondary N) is 1. The number of rotatable bonds is 6. The number of furan rings is 1. The Morgan fingerprint density at radius 3 is 2.52 bits per heavy atom. The van der Waals surface area contributed by atoms with Gasteiger partial charge in [-0.25, -0.2) is 8.42 Å². The van der Waals surface area contributed by atoms with Crippen molar-refractivity contribution in [2.45, 2.75) is 18.7 Å². The number of hydrogen-bond acceptors (Lipinski definition) is 4. The summed E-state index contributed by atoms with van der Waals surface area (Å²) in [7, 11) is -3.72. The molecular formula is C15H17ClN2O4S. The second-order valence-corrected chi connectivity index (χ2v) is 6.98. The highest BCUT2D eigenvalue weighted by atomic mass is 35.5. The summed E-state index contributed by atoms with van der Waals surface area (Å²) in [5, 5.41) is 2.69. The fraction of sp³-hybridized carbons (Fsp3) is 0.267. The van der Waals surface area contributed by atoms with Gasteiger partial charge in [-0.05, 0) is 30.3 Å². The van der Waals surface area contributed by atoms with Crippen LogP contribution >= 0.6 is 11.6 Å². The van der Waals surface area contributed by atoms with E-state index in [1.54, 1.807) is 19.9 Å². The lowest BCUT2D eigenvalue weighted by Gasteiger charge is -2.19. The Morgan fingerprint density at radius 2 is 1.96 bits per heavy atom. The molecule has 8 heteroatoms. The molecule has 6 nitrogen and oxygen atoms in total. The molecule has 2 aromatic rings. The molecule has 1 aromatic heterocycles. The molecule has 1 aromatic carbocycles. The maximum atomic E-state index is 12.6. The number of carbonyl (C=O) groups excluding carboxylic acids is 1. The minimum atomic E-state index is -3.72. The molecule has 0 saturated heterocycles. The number of benzene rings is 1. The van der Waals surface area contributed by atoms with Gasteiger partial charge >= 0.3 is 0 Å². The number of carbonyl (C=O) groups is 1. The minimum Gasteiger partial charge on any atom is -0.459 e. The van der Waals surface area contributed by atoms with E-state index in [1.807, 2.05) is 0 Å². The lowest BCUT2D eigenvalue weighted by molar-refractivity contribution is 0.0996. The van der Waals surface area contributed by atoms with E-state index in [0.717, 1.165) is 0 Å². The summed E-state index contributed by atoms with van der Waals surface area (Å²) in [5.74, 6) is -0.336. The van der Waals surface area contributed by atoms with Gasteiger partial charge in [-0.15, -0.1) is 0 Å². The van der Waals surface area contributed by atoms with Crippen LogP contribution in [0.5, 0.6) is 0 Å². The first-order valence-electron chi connectivity index (χ1n) is 7.04. The second-order valence-electron chi connectivity index (χ2n) is 4.67. The smallest absolute Gasteiger partial charge is 0.291 e. The van der Waals surface area contributed by atoms with Crippen LogP contribution in [0.3, 0.4) is 0 Å². The number of sulfonamides is 1. The van der Waals surface area contributed by atoms with E-state index in [0.29, 0.717) is 18.8 Å². The summed E-state index contributed by atoms with van der Waals surface area (Å²) in [6, 6.07) is 7.42. The fourth-order valence-corrected chi connectivity index (χ4v) is 4.04. The van der Waals surface area contributed by atoms with Crippen molar-refractivity contribution >= 4 is 33.2 Å². The Morgan fingerprint density at radius 1 is 1.26 bits per heavy atom. The number of amides is 1. The Bertz CT molecular complexity index is 784. The van der Waals surface area contributed by atoms with Crippen molar-refractivity contribution in [3.63, 3.8) is 0 Å². The van der Waals surface area contributed by atoms with Gasteiger partial charge in [0.25, 0.3) is 5.91 Å². The Hall–Kier alpha value is -1.83. The molecule has 0 saturated carbocycles. The average molecular weight is 357 g/mol. The van der Waals surface area contributed by atoms with Gasteiger partial charge in [0.05, 0.1) is 11.3 Å². The quantitative estimate of drug-likeness (QED) is 0.861. The highest BCUT2D eigenvalue weighted by Gasteiger charge is 2.25. The number of nitrogens with zero attached hydrogens (tertiary/aromatic N) is 1. The predicted octanol–water partition coefficient (Wildman–Crippen LogP) is 3.22. The Kier molecular flexibility index (Phi) is 5.46. The van der Waals surface area contributed by atoms with E-state index in [1.165, 1.54) is 34.8 Å². The molecule has 23 heavy (non-hydrogen) atoms. The number of hydrogen-bond donors (Lipinski definition) is 1. The van der Waals surface area contributed by atoms with Crippen molar-refractivity contribution in [1.29, 1.82) is 0 Å². The van der Waals surface area contributed by atoms with Crippen molar-refractivity contribution in [2.24, 2.45) is 0 Å². The molecule has 1 heterocycles. The summed E-state index contributed by atoms with van der Waals surface area (Å²) >= 11 is 6.04. The summed E-state index contributed by atoms with van der Waals surface area (Å²) in [4.78, 5) is 11.9. The van der Waals surface area contributed by atoms with Crippen LogP contribution in [-0.4, -0.2) is 31.7 Å². The maximum Gasteiger partial charge on any atom is 0.291 e. The van der Waals surface area contributed by atoms with Crippen molar-refractivity contribution in [1.82, 2.24) is 4.31 Å². The van der Waals surface area contributed by atoms with Crippen LogP contribution in [0.1, 0.15) is 24.4 Å². The fourth-order valence-electron chi connectivity index (χ4n) is 2.08. The van der Waals surface area contributed by atoms with E-state index in [2.05, 4.69) is 5.32 Å². The standard InChI is InChI=1S/C15H17ClN2O4S/c1-3-18(4-2)23(20,21)14-10-11(7-8-12(14)16)17-15(19)13-6-5-9-22-13/h5-10H,3-4H2,1-2H3,(H,17,19). The second kappa shape index (κ2) is 7.16. The topological polar surface area (TPSA) is 79.6 Å². The van der Waals surface area contributed by atoms with Crippen molar-refractivity contribution in [2.75, 3.05) is 18.4 Å². The van der Waals surface area contributed by atoms with Crippen LogP contribution in [0.2, 0.25) is 5.02 Å². The molecule has 0 aliphatic rings. The molecule has 0 unspecified atom stereocenters. The van der Waals surface area contributed by atoms with Gasteiger partial charge in [-0.1, -0.05) is 25.4 Å². The lowest BCUT2D eigenvalue weighted by atomic mass is 10.3. The van der Waals surface area contributed by atoms with Crippen LogP contribution in [0.25, 0.3) is 0 Å². The highest BCUT2D eigenvalue weighted by molar-refractivity contribution is 7.89. The molecule has 0 spiro atoms. The molecular weight excluding hydrogens is 340 g/mol. The third kappa shape index (κ3) is 3.74. The van der Waals surface area contributed by atoms with Crippen LogP contribution in [-0.2, 0) is 10.0 Å². The van der Waals surface area contributed by atoms with Crippen molar-refractivity contribution in [3.8, 4) is 0 Å². The third-order valence-corrected chi connectivity index (χ3v) is 5.79. The van der Waals surface area contributed by atoms with Gasteiger partial charge in [0.2, 0.25) is 10.0 Å². The van der Waals surface area contributed by atoms with Gasteiger partial charge in [-0.2, -0.15) is 4.31 Å². The number of halogens is 1. The Balaban J connectivity index is 2.34. The van der Waals surface area contributed by atoms with Crippen molar-refractivity contribution < 1.29 is 17.6 Å². The Labute approximate surface area is 140 Å². The first-order valence-corrected chi connectivity index (χ1v) is 8.86. The van der Waals surface area contributed by atoms with Gasteiger partial charge in [-0.3, -0.25) is 4.79 Å². The summed E-state index contributed by atoms with van der Waals surface area (Å²) in [6.07, 6.45) is 1.38. The monoisotopic (exact) mass is 356 g/mol. The molecule has 0 bridgehead atoms. The average Bonchev–Trinajstić information content (AvgIpc) is 3.04. The van der Waals surface area contributed by atoms with E-state index >= 15 is 0 Å². The number of anilines is 1. The molecule has 124 valence electrons. The molecule has 0 radical (unpaired) electrons. The first kappa shape index (κ1) is 17.5. The lowest BCUT2D eigenvalue weighted by Crippen LogP contribution is -2.30. The summed E-state index contributed by atoms with van der Waals surface area (Å²) < 4.78 is 31.5. The van der Waals surface area contributed by atoms with Crippen LogP contribution in [0.4, 0.5) is 5.69 Å². The molecule has 0 aliphatic carbocycles. The first-order chi connectivity index (χ1) is 10.9. The molecule has 0 atom stereocenters. The predicted molar refractivity (Wildman–Crippen MR) is 88.2 cm³/mol. The minimum absolute atomic E-state index is 0.0416. The highest BCUT2D eigenvalue weighted by Crippen LogP contribution is 2.28. The zero-order chi connectivity index (χ0) is 17.0. The van der Waals surface area contributed by atoms with Gasteiger partial charge in [0.1, 0.15) is 4.90 Å². The normalized spacial score (nSPS) is 11.7. The third-order valence-electron chi connectivity index (χ3n) is 3.26. The van der Waals surface area contributed by atoms with Crippen molar-refractivity contribution in [3.05, 3.63) is 47.4 Å². The largest absolute Gasteiger partial charge is 0.459 e. The molecule has 2 rings (SSSR count). The summed E-state index contributed by atoms with van der Waals surface area (Å²) in [6.45, 7) is 4.16. The van der Waals surface area contributed by atoms with E-state index in [9.17, 15) is 13.2 Å². The molecule has 1 amide bonds. The molecule has 0 aliphatic heterocycles. The maximum absolute atomic E-state index is 12.6. The van der Waals surface area contributed by atoms with Crippen LogP contribution in [0, 0.1) is 0 Å². The van der Waals surface area contributed by atoms with E-state index < -0.39 is 15.9 Å².